The number of carbonyl (C=O) groups is 1. The Morgan fingerprint density at radius 3 is 2.29 bits per heavy atom. The number of methoxy groups -OCH3 is 1. The summed E-state index contributed by atoms with van der Waals surface area (Å²) in [6.45, 7) is 7.70. The lowest BCUT2D eigenvalue weighted by Gasteiger charge is -2.31. The molecule has 2 unspecified atom stereocenters. The number of hydrogen-bond donors (Lipinski definition) is 2. The Labute approximate surface area is 86.2 Å². The van der Waals surface area contributed by atoms with Crippen LogP contribution < -0.4 is 11.1 Å². The van der Waals surface area contributed by atoms with Crippen LogP contribution in [0.5, 0.6) is 0 Å². The van der Waals surface area contributed by atoms with Crippen molar-refractivity contribution in [1.29, 1.82) is 0 Å². The van der Waals surface area contributed by atoms with Crippen LogP contribution in [-0.4, -0.2) is 30.7 Å². The number of carbonyl (C=O) groups excluding carboxylic acids is 1. The first kappa shape index (κ1) is 13.4. The van der Waals surface area contributed by atoms with E-state index in [1.165, 1.54) is 0 Å². The van der Waals surface area contributed by atoms with Crippen molar-refractivity contribution in [2.45, 2.75) is 51.8 Å². The molecule has 0 heterocycles. The van der Waals surface area contributed by atoms with E-state index in [0.717, 1.165) is 0 Å². The molecule has 1 amide bonds. The number of ether oxygens (including phenoxy) is 1. The van der Waals surface area contributed by atoms with Gasteiger partial charge in [0.2, 0.25) is 5.91 Å². The molecule has 3 N–H and O–H groups in total. The number of nitrogens with two attached hydrogens (primary N) is 1. The van der Waals surface area contributed by atoms with Crippen LogP contribution in [0.25, 0.3) is 0 Å². The third kappa shape index (κ3) is 4.07. The second kappa shape index (κ2) is 5.32. The fourth-order valence-electron chi connectivity index (χ4n) is 1.53. The highest BCUT2D eigenvalue weighted by molar-refractivity contribution is 5.84. The van der Waals surface area contributed by atoms with Crippen molar-refractivity contribution >= 4 is 5.91 Å². The van der Waals surface area contributed by atoms with Crippen LogP contribution in [0.15, 0.2) is 0 Å². The first-order valence-electron chi connectivity index (χ1n) is 4.92. The summed E-state index contributed by atoms with van der Waals surface area (Å²) in [6.07, 6.45) is 0.593. The Hall–Kier alpha value is -0.610. The van der Waals surface area contributed by atoms with E-state index in [4.69, 9.17) is 10.5 Å². The molecule has 4 nitrogen and oxygen atoms in total. The van der Waals surface area contributed by atoms with E-state index in [1.807, 2.05) is 27.7 Å². The van der Waals surface area contributed by atoms with E-state index >= 15 is 0 Å². The van der Waals surface area contributed by atoms with Gasteiger partial charge >= 0.3 is 0 Å². The van der Waals surface area contributed by atoms with Gasteiger partial charge in [-0.05, 0) is 27.7 Å². The summed E-state index contributed by atoms with van der Waals surface area (Å²) in [5.41, 5.74) is 4.67. The van der Waals surface area contributed by atoms with Crippen molar-refractivity contribution in [2.24, 2.45) is 5.73 Å². The van der Waals surface area contributed by atoms with E-state index < -0.39 is 5.54 Å². The minimum Gasteiger partial charge on any atom is -0.382 e. The molecule has 0 aromatic heterocycles. The largest absolute Gasteiger partial charge is 0.382 e. The lowest BCUT2D eigenvalue weighted by Crippen LogP contribution is -2.56. The van der Waals surface area contributed by atoms with Gasteiger partial charge in [-0.2, -0.15) is 0 Å². The van der Waals surface area contributed by atoms with Crippen LogP contribution in [0.3, 0.4) is 0 Å². The number of amides is 1. The predicted octanol–water partition coefficient (Wildman–Crippen LogP) is 0.653. The first-order valence-corrected chi connectivity index (χ1v) is 4.92. The second-order valence-corrected chi connectivity index (χ2v) is 4.25. The van der Waals surface area contributed by atoms with Gasteiger partial charge in [-0.25, -0.2) is 0 Å². The molecule has 0 aliphatic heterocycles. The fourth-order valence-corrected chi connectivity index (χ4v) is 1.53. The van der Waals surface area contributed by atoms with Crippen molar-refractivity contribution in [3.8, 4) is 0 Å². The summed E-state index contributed by atoms with van der Waals surface area (Å²) in [5, 5.41) is 3.17. The Balaban J connectivity index is 4.47. The molecular weight excluding hydrogens is 180 g/mol. The molecule has 0 aliphatic carbocycles. The smallest absolute Gasteiger partial charge is 0.237 e. The van der Waals surface area contributed by atoms with E-state index in [0.29, 0.717) is 6.42 Å². The predicted molar refractivity (Wildman–Crippen MR) is 57.0 cm³/mol. The zero-order chi connectivity index (χ0) is 11.4. The van der Waals surface area contributed by atoms with Crippen molar-refractivity contribution in [2.75, 3.05) is 7.11 Å². The molecule has 0 saturated heterocycles. The van der Waals surface area contributed by atoms with Crippen molar-refractivity contribution < 1.29 is 9.53 Å². The van der Waals surface area contributed by atoms with Crippen LogP contribution in [0, 0.1) is 0 Å². The van der Waals surface area contributed by atoms with E-state index in [9.17, 15) is 4.79 Å². The Morgan fingerprint density at radius 2 is 2.00 bits per heavy atom. The molecule has 0 rings (SSSR count). The van der Waals surface area contributed by atoms with E-state index in [-0.39, 0.29) is 18.1 Å². The fraction of sp³-hybridized carbons (Fsp3) is 0.900. The number of primary amides is 1. The molecule has 4 heteroatoms. The average Bonchev–Trinajstić information content (AvgIpc) is 2.02. The standard InChI is InChI=1S/C10H22N2O2/c1-7(2)12-10(4,9(11)13)6-8(3)14-5/h7-8,12H,6H2,1-5H3,(H2,11,13). The van der Waals surface area contributed by atoms with E-state index in [2.05, 4.69) is 5.32 Å². The van der Waals surface area contributed by atoms with Gasteiger partial charge in [-0.1, -0.05) is 0 Å². The van der Waals surface area contributed by atoms with Crippen LogP contribution in [0.4, 0.5) is 0 Å². The highest BCUT2D eigenvalue weighted by Crippen LogP contribution is 2.14. The van der Waals surface area contributed by atoms with Gasteiger partial charge in [-0.15, -0.1) is 0 Å². The van der Waals surface area contributed by atoms with Crippen LogP contribution in [0.1, 0.15) is 34.1 Å². The van der Waals surface area contributed by atoms with Gasteiger partial charge in [-0.3, -0.25) is 4.79 Å². The summed E-state index contributed by atoms with van der Waals surface area (Å²) in [4.78, 5) is 11.3. The molecule has 0 aromatic rings. The molecule has 0 bridgehead atoms. The van der Waals surface area contributed by atoms with Gasteiger partial charge in [0.25, 0.3) is 0 Å². The summed E-state index contributed by atoms with van der Waals surface area (Å²) in [7, 11) is 1.63. The summed E-state index contributed by atoms with van der Waals surface area (Å²) in [6, 6.07) is 0.219. The average molecular weight is 202 g/mol. The third-order valence-electron chi connectivity index (χ3n) is 2.25. The molecular formula is C10H22N2O2. The molecule has 0 spiro atoms. The first-order chi connectivity index (χ1) is 6.31. The zero-order valence-electron chi connectivity index (χ0n) is 9.76. The van der Waals surface area contributed by atoms with Gasteiger partial charge < -0.3 is 15.8 Å². The van der Waals surface area contributed by atoms with Gasteiger partial charge in [0.05, 0.1) is 11.6 Å². The Morgan fingerprint density at radius 1 is 1.50 bits per heavy atom. The minimum absolute atomic E-state index is 0.0127. The van der Waals surface area contributed by atoms with Crippen LogP contribution in [0.2, 0.25) is 0 Å². The highest BCUT2D eigenvalue weighted by atomic mass is 16.5. The maximum absolute atomic E-state index is 11.3. The van der Waals surface area contributed by atoms with Gasteiger partial charge in [0.15, 0.2) is 0 Å². The van der Waals surface area contributed by atoms with Crippen molar-refractivity contribution in [3.63, 3.8) is 0 Å². The monoisotopic (exact) mass is 202 g/mol. The van der Waals surface area contributed by atoms with Crippen LogP contribution in [-0.2, 0) is 9.53 Å². The van der Waals surface area contributed by atoms with E-state index in [1.54, 1.807) is 7.11 Å². The van der Waals surface area contributed by atoms with Crippen molar-refractivity contribution in [3.05, 3.63) is 0 Å². The lowest BCUT2D eigenvalue weighted by atomic mass is 9.93. The Kier molecular flexibility index (Phi) is 5.08. The summed E-state index contributed by atoms with van der Waals surface area (Å²) in [5.74, 6) is -0.338. The Bertz CT molecular complexity index is 195. The topological polar surface area (TPSA) is 64.3 Å². The molecule has 2 atom stereocenters. The molecule has 0 aromatic carbocycles. The maximum Gasteiger partial charge on any atom is 0.237 e. The molecule has 0 saturated carbocycles. The SMILES string of the molecule is COC(C)CC(C)(NC(C)C)C(N)=O. The normalized spacial score (nSPS) is 17.9. The number of nitrogens with one attached hydrogen (secondary N) is 1. The molecule has 0 fully saturated rings. The zero-order valence-corrected chi connectivity index (χ0v) is 9.76. The van der Waals surface area contributed by atoms with Crippen molar-refractivity contribution in [1.82, 2.24) is 5.32 Å². The van der Waals surface area contributed by atoms with Gasteiger partial charge in [0, 0.05) is 19.6 Å². The summed E-state index contributed by atoms with van der Waals surface area (Å²) >= 11 is 0. The highest BCUT2D eigenvalue weighted by Gasteiger charge is 2.33. The number of rotatable bonds is 6. The van der Waals surface area contributed by atoms with Crippen LogP contribution >= 0.6 is 0 Å². The molecule has 0 radical (unpaired) electrons. The maximum atomic E-state index is 11.3. The number of hydrogen-bond acceptors (Lipinski definition) is 3. The molecule has 84 valence electrons. The quantitative estimate of drug-likeness (QED) is 0.665. The second-order valence-electron chi connectivity index (χ2n) is 4.25. The molecule has 14 heavy (non-hydrogen) atoms. The minimum atomic E-state index is -0.691. The molecule has 0 aliphatic rings. The third-order valence-corrected chi connectivity index (χ3v) is 2.25. The summed E-state index contributed by atoms with van der Waals surface area (Å²) < 4.78 is 5.13. The lowest BCUT2D eigenvalue weighted by molar-refractivity contribution is -0.125. The van der Waals surface area contributed by atoms with Gasteiger partial charge in [0.1, 0.15) is 0 Å².